The van der Waals surface area contributed by atoms with Crippen LogP contribution in [-0.4, -0.2) is 17.3 Å². The molecule has 2 atom stereocenters. The third-order valence-corrected chi connectivity index (χ3v) is 5.79. The fraction of sp³-hybridized carbons (Fsp3) is 0.261. The third-order valence-electron chi connectivity index (χ3n) is 5.79. The first kappa shape index (κ1) is 15.4. The number of aliphatic imine (C=N–C) groups is 1. The Morgan fingerprint density at radius 3 is 2.54 bits per heavy atom. The molecule has 0 aromatic heterocycles. The minimum Gasteiger partial charge on any atom is -0.299 e. The number of rotatable bonds is 1. The van der Waals surface area contributed by atoms with Crippen LogP contribution in [-0.2, 0) is 4.79 Å². The Hall–Kier alpha value is -2.81. The van der Waals surface area contributed by atoms with Gasteiger partial charge in [0.15, 0.2) is 5.78 Å². The van der Waals surface area contributed by atoms with Gasteiger partial charge in [-0.15, -0.1) is 0 Å². The summed E-state index contributed by atoms with van der Waals surface area (Å²) in [5.41, 5.74) is 6.26. The SMILES string of the molecule is Cc1cccc([C@H]2C3=C(N=C4CCCC(=O)[C@@H]42)c2ccccc2C3=O)c1. The van der Waals surface area contributed by atoms with E-state index in [9.17, 15) is 9.59 Å². The van der Waals surface area contributed by atoms with Gasteiger partial charge in [-0.3, -0.25) is 14.6 Å². The maximum atomic E-state index is 13.2. The van der Waals surface area contributed by atoms with Gasteiger partial charge in [0.1, 0.15) is 5.78 Å². The van der Waals surface area contributed by atoms with Gasteiger partial charge in [0.2, 0.25) is 0 Å². The molecule has 0 bridgehead atoms. The molecule has 0 spiro atoms. The molecule has 5 rings (SSSR count). The first-order valence-corrected chi connectivity index (χ1v) is 9.20. The predicted octanol–water partition coefficient (Wildman–Crippen LogP) is 4.51. The summed E-state index contributed by atoms with van der Waals surface area (Å²) in [4.78, 5) is 31.0. The van der Waals surface area contributed by atoms with Crippen LogP contribution < -0.4 is 0 Å². The van der Waals surface area contributed by atoms with Crippen molar-refractivity contribution in [2.24, 2.45) is 10.9 Å². The van der Waals surface area contributed by atoms with E-state index in [0.29, 0.717) is 17.6 Å². The number of hydrogen-bond donors (Lipinski definition) is 0. The molecule has 3 heteroatoms. The highest BCUT2D eigenvalue weighted by atomic mass is 16.1. The molecule has 128 valence electrons. The number of carbonyl (C=O) groups is 2. The lowest BCUT2D eigenvalue weighted by Gasteiger charge is -2.35. The average Bonchev–Trinajstić information content (AvgIpc) is 2.93. The standard InChI is InChI=1S/C23H19NO2/c1-13-6-4-7-14(12-13)19-20-17(10-5-11-18(20)25)24-22-15-8-2-3-9-16(15)23(26)21(19)22/h2-4,6-9,12,19-20H,5,10-11H2,1H3/t19-,20-/m1/s1. The summed E-state index contributed by atoms with van der Waals surface area (Å²) in [5.74, 6) is -0.257. The van der Waals surface area contributed by atoms with Crippen molar-refractivity contribution in [2.75, 3.05) is 0 Å². The fourth-order valence-corrected chi connectivity index (χ4v) is 4.67. The number of ketones is 2. The van der Waals surface area contributed by atoms with E-state index < -0.39 is 0 Å². The van der Waals surface area contributed by atoms with Gasteiger partial charge in [-0.05, 0) is 25.3 Å². The van der Waals surface area contributed by atoms with Crippen LogP contribution in [0.5, 0.6) is 0 Å². The van der Waals surface area contributed by atoms with Crippen LogP contribution in [0.15, 0.2) is 59.1 Å². The van der Waals surface area contributed by atoms with Crippen LogP contribution >= 0.6 is 0 Å². The largest absolute Gasteiger partial charge is 0.299 e. The highest BCUT2D eigenvalue weighted by Gasteiger charge is 2.46. The second-order valence-electron chi connectivity index (χ2n) is 7.43. The molecule has 1 fully saturated rings. The summed E-state index contributed by atoms with van der Waals surface area (Å²) < 4.78 is 0. The number of hydrogen-bond acceptors (Lipinski definition) is 3. The average molecular weight is 341 g/mol. The summed E-state index contributed by atoms with van der Waals surface area (Å²) in [6.07, 6.45) is 2.27. The topological polar surface area (TPSA) is 46.5 Å². The van der Waals surface area contributed by atoms with Gasteiger partial charge in [-0.2, -0.15) is 0 Å². The summed E-state index contributed by atoms with van der Waals surface area (Å²) >= 11 is 0. The molecule has 26 heavy (non-hydrogen) atoms. The van der Waals surface area contributed by atoms with Crippen LogP contribution in [0.4, 0.5) is 0 Å². The van der Waals surface area contributed by atoms with E-state index in [2.05, 4.69) is 6.07 Å². The van der Waals surface area contributed by atoms with E-state index in [0.717, 1.165) is 40.9 Å². The molecule has 1 heterocycles. The minimum absolute atomic E-state index is 0.0308. The molecule has 0 amide bonds. The zero-order chi connectivity index (χ0) is 17.8. The molecule has 2 aromatic carbocycles. The first-order chi connectivity index (χ1) is 12.6. The van der Waals surface area contributed by atoms with E-state index in [-0.39, 0.29) is 23.4 Å². The van der Waals surface area contributed by atoms with E-state index in [1.165, 1.54) is 0 Å². The highest BCUT2D eigenvalue weighted by molar-refractivity contribution is 6.25. The second kappa shape index (κ2) is 5.60. The van der Waals surface area contributed by atoms with Crippen LogP contribution in [0.2, 0.25) is 0 Å². The molecule has 0 N–H and O–H groups in total. The first-order valence-electron chi connectivity index (χ1n) is 9.20. The van der Waals surface area contributed by atoms with Crippen LogP contribution in [0, 0.1) is 12.8 Å². The zero-order valence-electron chi connectivity index (χ0n) is 14.7. The number of allylic oxidation sites excluding steroid dienone is 1. The Kier molecular flexibility index (Phi) is 3.33. The van der Waals surface area contributed by atoms with Crippen molar-refractivity contribution in [3.05, 3.63) is 76.4 Å². The highest BCUT2D eigenvalue weighted by Crippen LogP contribution is 2.49. The molecule has 3 nitrogen and oxygen atoms in total. The Labute approximate surface area is 152 Å². The fourth-order valence-electron chi connectivity index (χ4n) is 4.67. The van der Waals surface area contributed by atoms with Crippen molar-refractivity contribution < 1.29 is 9.59 Å². The van der Waals surface area contributed by atoms with Gasteiger partial charge in [-0.1, -0.05) is 54.1 Å². The maximum absolute atomic E-state index is 13.2. The van der Waals surface area contributed by atoms with E-state index in [4.69, 9.17) is 4.99 Å². The Balaban J connectivity index is 1.77. The van der Waals surface area contributed by atoms with Crippen LogP contribution in [0.3, 0.4) is 0 Å². The van der Waals surface area contributed by atoms with E-state index >= 15 is 0 Å². The van der Waals surface area contributed by atoms with Gasteiger partial charge in [0.25, 0.3) is 0 Å². The van der Waals surface area contributed by atoms with Gasteiger partial charge in [-0.25, -0.2) is 0 Å². The number of aryl methyl sites for hydroxylation is 1. The zero-order valence-corrected chi connectivity index (χ0v) is 14.7. The monoisotopic (exact) mass is 341 g/mol. The van der Waals surface area contributed by atoms with Crippen molar-refractivity contribution in [3.63, 3.8) is 0 Å². The lowest BCUT2D eigenvalue weighted by atomic mass is 9.69. The number of Topliss-reactive ketones (excluding diaryl/α,β-unsaturated/α-hetero) is 2. The maximum Gasteiger partial charge on any atom is 0.192 e. The van der Waals surface area contributed by atoms with Gasteiger partial charge in [0, 0.05) is 34.8 Å². The van der Waals surface area contributed by atoms with Crippen molar-refractivity contribution in [2.45, 2.75) is 32.1 Å². The summed E-state index contributed by atoms with van der Waals surface area (Å²) in [5, 5.41) is 0. The summed E-state index contributed by atoms with van der Waals surface area (Å²) in [6, 6.07) is 15.9. The van der Waals surface area contributed by atoms with E-state index in [1.807, 2.05) is 49.4 Å². The number of nitrogens with zero attached hydrogens (tertiary/aromatic N) is 1. The molecule has 3 aliphatic rings. The lowest BCUT2D eigenvalue weighted by molar-refractivity contribution is -0.121. The number of fused-ring (bicyclic) bond motifs is 3. The molecule has 0 radical (unpaired) electrons. The van der Waals surface area contributed by atoms with Gasteiger partial charge < -0.3 is 0 Å². The Morgan fingerprint density at radius 2 is 1.73 bits per heavy atom. The molecular formula is C23H19NO2. The smallest absolute Gasteiger partial charge is 0.192 e. The molecule has 0 saturated heterocycles. The Bertz CT molecular complexity index is 1030. The third kappa shape index (κ3) is 2.10. The van der Waals surface area contributed by atoms with Gasteiger partial charge in [0.05, 0.1) is 11.6 Å². The Morgan fingerprint density at radius 1 is 0.923 bits per heavy atom. The normalized spacial score (nSPS) is 24.1. The minimum atomic E-state index is -0.289. The van der Waals surface area contributed by atoms with Crippen LogP contribution in [0.25, 0.3) is 5.70 Å². The summed E-state index contributed by atoms with van der Waals surface area (Å²) in [7, 11) is 0. The van der Waals surface area contributed by atoms with Crippen LogP contribution in [0.1, 0.15) is 52.2 Å². The molecular weight excluding hydrogens is 322 g/mol. The van der Waals surface area contributed by atoms with Crippen molar-refractivity contribution in [1.82, 2.24) is 0 Å². The molecule has 1 saturated carbocycles. The summed E-state index contributed by atoms with van der Waals surface area (Å²) in [6.45, 7) is 2.05. The van der Waals surface area contributed by atoms with Gasteiger partial charge >= 0.3 is 0 Å². The van der Waals surface area contributed by atoms with Crippen molar-refractivity contribution >= 4 is 23.0 Å². The van der Waals surface area contributed by atoms with Crippen molar-refractivity contribution in [1.29, 1.82) is 0 Å². The molecule has 2 aromatic rings. The van der Waals surface area contributed by atoms with Crippen molar-refractivity contribution in [3.8, 4) is 0 Å². The number of carbonyl (C=O) groups excluding carboxylic acids is 2. The number of benzene rings is 2. The molecule has 1 aliphatic heterocycles. The molecule has 0 unspecified atom stereocenters. The predicted molar refractivity (Wildman–Crippen MR) is 101 cm³/mol. The lowest BCUT2D eigenvalue weighted by Crippen LogP contribution is -2.37. The molecule has 2 aliphatic carbocycles. The quantitative estimate of drug-likeness (QED) is 0.766. The second-order valence-corrected chi connectivity index (χ2v) is 7.43. The van der Waals surface area contributed by atoms with E-state index in [1.54, 1.807) is 0 Å².